The third-order valence-corrected chi connectivity index (χ3v) is 4.57. The molecule has 4 rings (SSSR count). The molecule has 0 spiro atoms. The molecular formula is C23H16O2. The Morgan fingerprint density at radius 1 is 0.680 bits per heavy atom. The minimum absolute atomic E-state index is 0.0322. The smallest absolute Gasteiger partial charge is 0.189 e. The van der Waals surface area contributed by atoms with Crippen molar-refractivity contribution in [2.75, 3.05) is 0 Å². The van der Waals surface area contributed by atoms with Gasteiger partial charge in [-0.1, -0.05) is 66.8 Å². The predicted octanol–water partition coefficient (Wildman–Crippen LogP) is 5.05. The molecule has 0 aliphatic heterocycles. The number of carbonyl (C=O) groups excluding carboxylic acids is 2. The lowest BCUT2D eigenvalue weighted by molar-refractivity contribution is 0.102. The van der Waals surface area contributed by atoms with Crippen LogP contribution in [0.25, 0.3) is 11.1 Å². The highest BCUT2D eigenvalue weighted by atomic mass is 16.1. The summed E-state index contributed by atoms with van der Waals surface area (Å²) in [6, 6.07) is 15.3. The molecule has 2 aliphatic carbocycles. The largest absolute Gasteiger partial charge is 0.289 e. The Morgan fingerprint density at radius 2 is 1.24 bits per heavy atom. The van der Waals surface area contributed by atoms with Crippen molar-refractivity contribution in [2.45, 2.75) is 6.92 Å². The van der Waals surface area contributed by atoms with E-state index in [0.717, 1.165) is 39.0 Å². The Kier molecular flexibility index (Phi) is 3.66. The van der Waals surface area contributed by atoms with Crippen LogP contribution in [0.15, 0.2) is 84.5 Å². The first-order valence-electron chi connectivity index (χ1n) is 8.21. The lowest BCUT2D eigenvalue weighted by atomic mass is 9.86. The van der Waals surface area contributed by atoms with Gasteiger partial charge in [0.1, 0.15) is 0 Å². The number of carbonyl (C=O) groups is 2. The molecule has 0 aromatic heterocycles. The number of hydrogen-bond acceptors (Lipinski definition) is 2. The Hall–Kier alpha value is -3.26. The average molecular weight is 324 g/mol. The minimum Gasteiger partial charge on any atom is -0.289 e. The molecule has 0 unspecified atom stereocenters. The molecular weight excluding hydrogens is 308 g/mol. The van der Waals surface area contributed by atoms with Crippen LogP contribution in [0.4, 0.5) is 0 Å². The van der Waals surface area contributed by atoms with E-state index in [1.807, 2.05) is 79.8 Å². The van der Waals surface area contributed by atoms with E-state index in [-0.39, 0.29) is 11.6 Å². The van der Waals surface area contributed by atoms with Crippen LogP contribution in [0.5, 0.6) is 0 Å². The van der Waals surface area contributed by atoms with Gasteiger partial charge in [-0.15, -0.1) is 0 Å². The molecule has 0 fully saturated rings. The molecule has 2 aromatic carbocycles. The lowest BCUT2D eigenvalue weighted by Crippen LogP contribution is -2.09. The molecule has 2 aromatic rings. The maximum absolute atomic E-state index is 12.3. The third-order valence-electron chi connectivity index (χ3n) is 4.57. The highest BCUT2D eigenvalue weighted by Gasteiger charge is 2.20. The van der Waals surface area contributed by atoms with Crippen LogP contribution < -0.4 is 0 Å². The first-order valence-corrected chi connectivity index (χ1v) is 8.21. The van der Waals surface area contributed by atoms with Gasteiger partial charge in [0.05, 0.1) is 0 Å². The van der Waals surface area contributed by atoms with Crippen molar-refractivity contribution in [1.29, 1.82) is 0 Å². The first-order chi connectivity index (χ1) is 12.1. The Bertz CT molecular complexity index is 1030. The molecule has 2 nitrogen and oxygen atoms in total. The van der Waals surface area contributed by atoms with E-state index in [1.165, 1.54) is 0 Å². The monoisotopic (exact) mass is 324 g/mol. The number of rotatable bonds is 1. The molecule has 0 amide bonds. The quantitative estimate of drug-likeness (QED) is 0.735. The van der Waals surface area contributed by atoms with E-state index < -0.39 is 0 Å². The highest BCUT2D eigenvalue weighted by molar-refractivity contribution is 6.16. The van der Waals surface area contributed by atoms with Gasteiger partial charge in [-0.3, -0.25) is 9.59 Å². The third kappa shape index (κ3) is 2.62. The lowest BCUT2D eigenvalue weighted by Gasteiger charge is -2.16. The summed E-state index contributed by atoms with van der Waals surface area (Å²) in [7, 11) is 0. The van der Waals surface area contributed by atoms with Crippen LogP contribution in [0.2, 0.25) is 0 Å². The first kappa shape index (κ1) is 15.3. The molecule has 120 valence electrons. The molecule has 0 atom stereocenters. The molecule has 0 saturated heterocycles. The van der Waals surface area contributed by atoms with E-state index in [4.69, 9.17) is 0 Å². The number of allylic oxidation sites excluding steroid dienone is 8. The number of Topliss-reactive ketones (excluding diaryl/α,β-unsaturated/α-hetero) is 1. The molecule has 0 N–H and O–H groups in total. The van der Waals surface area contributed by atoms with Gasteiger partial charge in [0, 0.05) is 11.1 Å². The second kappa shape index (κ2) is 5.99. The topological polar surface area (TPSA) is 34.1 Å². The summed E-state index contributed by atoms with van der Waals surface area (Å²) in [6.07, 6.45) is 9.39. The summed E-state index contributed by atoms with van der Waals surface area (Å²) in [5.74, 6) is 0.110. The van der Waals surface area contributed by atoms with Crippen molar-refractivity contribution in [2.24, 2.45) is 0 Å². The van der Waals surface area contributed by atoms with Gasteiger partial charge < -0.3 is 0 Å². The van der Waals surface area contributed by atoms with Gasteiger partial charge >= 0.3 is 0 Å². The van der Waals surface area contributed by atoms with Gasteiger partial charge in [0.2, 0.25) is 0 Å². The van der Waals surface area contributed by atoms with Crippen molar-refractivity contribution in [3.8, 4) is 0 Å². The summed E-state index contributed by atoms with van der Waals surface area (Å²) < 4.78 is 0. The maximum Gasteiger partial charge on any atom is 0.189 e. The standard InChI is InChI=1S/C23H16O2/c1-15-14-17(19-7-3-5-9-21(19)23(15)25)11-10-16-12-13-22(24)20-8-4-2-6-18(16)20/h2-14H,1H3/b16-10-,17-11-. The van der Waals surface area contributed by atoms with E-state index in [1.54, 1.807) is 6.08 Å². The van der Waals surface area contributed by atoms with Crippen molar-refractivity contribution in [3.05, 3.63) is 107 Å². The zero-order valence-electron chi connectivity index (χ0n) is 13.8. The fourth-order valence-corrected chi connectivity index (χ4v) is 3.28. The summed E-state index contributed by atoms with van der Waals surface area (Å²) >= 11 is 0. The summed E-state index contributed by atoms with van der Waals surface area (Å²) in [4.78, 5) is 24.3. The van der Waals surface area contributed by atoms with Crippen LogP contribution in [0.3, 0.4) is 0 Å². The zero-order valence-corrected chi connectivity index (χ0v) is 13.8. The molecule has 0 heterocycles. The van der Waals surface area contributed by atoms with Crippen LogP contribution in [0, 0.1) is 0 Å². The molecule has 0 radical (unpaired) electrons. The van der Waals surface area contributed by atoms with Crippen LogP contribution in [-0.2, 0) is 0 Å². The molecule has 2 heteroatoms. The SMILES string of the molecule is CC1=C/C(=C/C=C2/C=CC(=O)c3ccccc32)c2ccccc2C1=O. The second-order valence-corrected chi connectivity index (χ2v) is 6.19. The van der Waals surface area contributed by atoms with Gasteiger partial charge in [-0.2, -0.15) is 0 Å². The van der Waals surface area contributed by atoms with Crippen molar-refractivity contribution < 1.29 is 9.59 Å². The van der Waals surface area contributed by atoms with E-state index in [9.17, 15) is 9.59 Å². The van der Waals surface area contributed by atoms with E-state index >= 15 is 0 Å². The Labute approximate surface area is 146 Å². The van der Waals surface area contributed by atoms with Crippen LogP contribution >= 0.6 is 0 Å². The summed E-state index contributed by atoms with van der Waals surface area (Å²) in [5, 5.41) is 0. The van der Waals surface area contributed by atoms with Crippen molar-refractivity contribution >= 4 is 22.7 Å². The van der Waals surface area contributed by atoms with Gasteiger partial charge in [0.15, 0.2) is 11.6 Å². The van der Waals surface area contributed by atoms with Crippen LogP contribution in [-0.4, -0.2) is 11.6 Å². The van der Waals surface area contributed by atoms with E-state index in [2.05, 4.69) is 0 Å². The fraction of sp³-hybridized carbons (Fsp3) is 0.0435. The number of fused-ring (bicyclic) bond motifs is 2. The maximum atomic E-state index is 12.3. The van der Waals surface area contributed by atoms with Crippen molar-refractivity contribution in [3.63, 3.8) is 0 Å². The zero-order chi connectivity index (χ0) is 17.4. The predicted molar refractivity (Wildman–Crippen MR) is 100 cm³/mol. The van der Waals surface area contributed by atoms with Gasteiger partial charge in [-0.25, -0.2) is 0 Å². The fourth-order valence-electron chi connectivity index (χ4n) is 3.28. The highest BCUT2D eigenvalue weighted by Crippen LogP contribution is 2.31. The summed E-state index contributed by atoms with van der Waals surface area (Å²) in [6.45, 7) is 1.84. The molecule has 0 saturated carbocycles. The normalized spacial score (nSPS) is 19.0. The minimum atomic E-state index is 0.0322. The van der Waals surface area contributed by atoms with Gasteiger partial charge in [0.25, 0.3) is 0 Å². The Morgan fingerprint density at radius 3 is 1.96 bits per heavy atom. The molecule has 2 aliphatic rings. The van der Waals surface area contributed by atoms with E-state index in [0.29, 0.717) is 0 Å². The summed E-state index contributed by atoms with van der Waals surface area (Å²) in [5.41, 5.74) is 6.07. The average Bonchev–Trinajstić information content (AvgIpc) is 2.65. The molecule has 0 bridgehead atoms. The number of ketones is 2. The van der Waals surface area contributed by atoms with Crippen molar-refractivity contribution in [1.82, 2.24) is 0 Å². The Balaban J connectivity index is 1.82. The number of hydrogen-bond donors (Lipinski definition) is 0. The number of benzene rings is 2. The second-order valence-electron chi connectivity index (χ2n) is 6.19. The van der Waals surface area contributed by atoms with Gasteiger partial charge in [-0.05, 0) is 46.9 Å². The van der Waals surface area contributed by atoms with Crippen LogP contribution in [0.1, 0.15) is 38.8 Å². The molecule has 25 heavy (non-hydrogen) atoms.